The van der Waals surface area contributed by atoms with Crippen LogP contribution in [0.1, 0.15) is 24.2 Å². The third-order valence-corrected chi connectivity index (χ3v) is 4.71. The second-order valence-corrected chi connectivity index (χ2v) is 7.29. The van der Waals surface area contributed by atoms with Gasteiger partial charge in [0.1, 0.15) is 0 Å². The summed E-state index contributed by atoms with van der Waals surface area (Å²) in [5.41, 5.74) is 2.94. The average Bonchev–Trinajstić information content (AvgIpc) is 2.58. The van der Waals surface area contributed by atoms with Gasteiger partial charge < -0.3 is 15.1 Å². The Hall–Kier alpha value is -1.69. The van der Waals surface area contributed by atoms with E-state index in [-0.39, 0.29) is 6.04 Å². The van der Waals surface area contributed by atoms with Gasteiger partial charge in [-0.2, -0.15) is 0 Å². The van der Waals surface area contributed by atoms with Crippen molar-refractivity contribution in [3.63, 3.8) is 0 Å². The lowest BCUT2D eigenvalue weighted by molar-refractivity contribution is -0.857. The average molecular weight is 378 g/mol. The molecule has 2 rings (SSSR count). The summed E-state index contributed by atoms with van der Waals surface area (Å²) >= 11 is 12.0. The van der Waals surface area contributed by atoms with Gasteiger partial charge >= 0.3 is 0 Å². The summed E-state index contributed by atoms with van der Waals surface area (Å²) in [5.74, 6) is 0. The van der Waals surface area contributed by atoms with Crippen LogP contribution in [0.2, 0.25) is 5.02 Å². The molecule has 0 bridgehead atoms. The standard InChI is InChI=1S/C19H25ClN4S/c1-14-8-9-18(16(20)13-14)22-19(25)24(12-11-23(3)4)15(2)17-7-5-6-10-21-17/h5-10,13,15H,11-12H2,1-4H3,(H,22,25)/p+1. The number of aryl methyl sites for hydroxylation is 1. The Kier molecular flexibility index (Phi) is 7.17. The van der Waals surface area contributed by atoms with Crippen LogP contribution in [-0.2, 0) is 0 Å². The molecule has 0 aliphatic rings. The maximum atomic E-state index is 6.35. The van der Waals surface area contributed by atoms with Crippen molar-refractivity contribution in [3.8, 4) is 0 Å². The molecule has 4 nitrogen and oxygen atoms in total. The Labute approximate surface area is 160 Å². The van der Waals surface area contributed by atoms with Gasteiger partial charge in [-0.1, -0.05) is 23.7 Å². The Balaban J connectivity index is 2.20. The normalized spacial score (nSPS) is 12.1. The fourth-order valence-corrected chi connectivity index (χ4v) is 3.15. The summed E-state index contributed by atoms with van der Waals surface area (Å²) in [7, 11) is 4.27. The highest BCUT2D eigenvalue weighted by Gasteiger charge is 2.21. The molecule has 0 saturated carbocycles. The summed E-state index contributed by atoms with van der Waals surface area (Å²) in [5, 5.41) is 4.63. The van der Waals surface area contributed by atoms with Crippen LogP contribution in [0, 0.1) is 6.92 Å². The van der Waals surface area contributed by atoms with Crippen molar-refractivity contribution in [2.24, 2.45) is 0 Å². The van der Waals surface area contributed by atoms with E-state index in [0.29, 0.717) is 10.1 Å². The first kappa shape index (κ1) is 19.6. The number of halogens is 1. The third kappa shape index (κ3) is 5.66. The van der Waals surface area contributed by atoms with Gasteiger partial charge in [-0.05, 0) is 55.9 Å². The molecule has 2 aromatic rings. The predicted octanol–water partition coefficient (Wildman–Crippen LogP) is 2.95. The molecule has 0 saturated heterocycles. The van der Waals surface area contributed by atoms with E-state index in [1.807, 2.05) is 49.5 Å². The molecular formula is C19H26ClN4S+. The molecule has 1 aromatic carbocycles. The Morgan fingerprint density at radius 1 is 1.32 bits per heavy atom. The van der Waals surface area contributed by atoms with E-state index in [0.717, 1.165) is 30.0 Å². The molecule has 0 aliphatic carbocycles. The molecule has 0 spiro atoms. The van der Waals surface area contributed by atoms with Gasteiger partial charge in [-0.15, -0.1) is 0 Å². The minimum atomic E-state index is 0.0739. The SMILES string of the molecule is Cc1ccc(NC(=S)N(CC[NH+](C)C)C(C)c2ccccn2)c(Cl)c1. The second kappa shape index (κ2) is 9.13. The topological polar surface area (TPSA) is 32.6 Å². The Morgan fingerprint density at radius 2 is 2.08 bits per heavy atom. The van der Waals surface area contributed by atoms with Gasteiger partial charge in [-0.25, -0.2) is 0 Å². The lowest BCUT2D eigenvalue weighted by Gasteiger charge is -2.31. The monoisotopic (exact) mass is 377 g/mol. The highest BCUT2D eigenvalue weighted by molar-refractivity contribution is 7.80. The zero-order valence-corrected chi connectivity index (χ0v) is 16.8. The van der Waals surface area contributed by atoms with Crippen LogP contribution in [-0.4, -0.2) is 42.2 Å². The number of likely N-dealkylation sites (N-methyl/N-ethyl adjacent to an activating group) is 1. The molecule has 134 valence electrons. The van der Waals surface area contributed by atoms with E-state index in [1.54, 1.807) is 0 Å². The van der Waals surface area contributed by atoms with Gasteiger partial charge in [0.25, 0.3) is 0 Å². The first-order chi connectivity index (χ1) is 11.9. The van der Waals surface area contributed by atoms with Crippen molar-refractivity contribution >= 4 is 34.6 Å². The van der Waals surface area contributed by atoms with Gasteiger partial charge in [0.2, 0.25) is 0 Å². The predicted molar refractivity (Wildman–Crippen MR) is 109 cm³/mol. The molecule has 1 unspecified atom stereocenters. The minimum absolute atomic E-state index is 0.0739. The van der Waals surface area contributed by atoms with Crippen molar-refractivity contribution in [2.45, 2.75) is 19.9 Å². The van der Waals surface area contributed by atoms with Gasteiger partial charge in [-0.3, -0.25) is 4.98 Å². The fraction of sp³-hybridized carbons (Fsp3) is 0.368. The number of hydrogen-bond acceptors (Lipinski definition) is 2. The number of aromatic nitrogens is 1. The smallest absolute Gasteiger partial charge is 0.174 e. The molecule has 6 heteroatoms. The molecule has 1 heterocycles. The van der Waals surface area contributed by atoms with E-state index in [1.165, 1.54) is 4.90 Å². The number of nitrogens with zero attached hydrogens (tertiary/aromatic N) is 2. The quantitative estimate of drug-likeness (QED) is 0.758. The number of nitrogens with one attached hydrogen (secondary N) is 2. The fourth-order valence-electron chi connectivity index (χ4n) is 2.51. The summed E-state index contributed by atoms with van der Waals surface area (Å²) in [6.45, 7) is 5.94. The van der Waals surface area contributed by atoms with Crippen molar-refractivity contribution in [2.75, 3.05) is 32.5 Å². The van der Waals surface area contributed by atoms with Crippen molar-refractivity contribution < 1.29 is 4.90 Å². The molecule has 25 heavy (non-hydrogen) atoms. The molecule has 0 fully saturated rings. The van der Waals surface area contributed by atoms with E-state index in [2.05, 4.69) is 36.2 Å². The lowest BCUT2D eigenvalue weighted by atomic mass is 10.2. The summed E-state index contributed by atoms with van der Waals surface area (Å²) in [6.07, 6.45) is 1.81. The van der Waals surface area contributed by atoms with E-state index in [4.69, 9.17) is 23.8 Å². The number of quaternary nitrogens is 1. The molecule has 0 aliphatic heterocycles. The van der Waals surface area contributed by atoms with Gasteiger partial charge in [0, 0.05) is 6.20 Å². The van der Waals surface area contributed by atoms with Gasteiger partial charge in [0.05, 0.1) is 49.6 Å². The number of anilines is 1. The van der Waals surface area contributed by atoms with Crippen LogP contribution in [0.3, 0.4) is 0 Å². The van der Waals surface area contributed by atoms with Crippen molar-refractivity contribution in [1.82, 2.24) is 9.88 Å². The zero-order chi connectivity index (χ0) is 18.4. The molecule has 2 N–H and O–H groups in total. The number of hydrogen-bond donors (Lipinski definition) is 2. The summed E-state index contributed by atoms with van der Waals surface area (Å²) in [6, 6.07) is 11.9. The number of pyridine rings is 1. The molecule has 0 radical (unpaired) electrons. The first-order valence-electron chi connectivity index (χ1n) is 8.42. The van der Waals surface area contributed by atoms with Crippen LogP contribution >= 0.6 is 23.8 Å². The van der Waals surface area contributed by atoms with Crippen molar-refractivity contribution in [1.29, 1.82) is 0 Å². The van der Waals surface area contributed by atoms with Crippen LogP contribution < -0.4 is 10.2 Å². The maximum Gasteiger partial charge on any atom is 0.174 e. The van der Waals surface area contributed by atoms with Crippen molar-refractivity contribution in [3.05, 3.63) is 58.9 Å². The van der Waals surface area contributed by atoms with Crippen LogP contribution in [0.4, 0.5) is 5.69 Å². The zero-order valence-electron chi connectivity index (χ0n) is 15.2. The Morgan fingerprint density at radius 3 is 2.68 bits per heavy atom. The highest BCUT2D eigenvalue weighted by atomic mass is 35.5. The largest absolute Gasteiger partial charge is 0.338 e. The molecular weight excluding hydrogens is 352 g/mol. The molecule has 1 atom stereocenters. The van der Waals surface area contributed by atoms with E-state index < -0.39 is 0 Å². The third-order valence-electron chi connectivity index (χ3n) is 4.06. The van der Waals surface area contributed by atoms with Crippen LogP contribution in [0.15, 0.2) is 42.6 Å². The Bertz CT molecular complexity index is 706. The number of benzene rings is 1. The molecule has 1 aromatic heterocycles. The minimum Gasteiger partial charge on any atom is -0.338 e. The van der Waals surface area contributed by atoms with Gasteiger partial charge in [0.15, 0.2) is 5.11 Å². The lowest BCUT2D eigenvalue weighted by Crippen LogP contribution is -3.06. The maximum absolute atomic E-state index is 6.35. The molecule has 0 amide bonds. The number of rotatable bonds is 6. The van der Waals surface area contributed by atoms with E-state index in [9.17, 15) is 0 Å². The summed E-state index contributed by atoms with van der Waals surface area (Å²) in [4.78, 5) is 8.02. The summed E-state index contributed by atoms with van der Waals surface area (Å²) < 4.78 is 0. The van der Waals surface area contributed by atoms with Crippen LogP contribution in [0.25, 0.3) is 0 Å². The van der Waals surface area contributed by atoms with Crippen LogP contribution in [0.5, 0.6) is 0 Å². The highest BCUT2D eigenvalue weighted by Crippen LogP contribution is 2.25. The van der Waals surface area contributed by atoms with E-state index >= 15 is 0 Å². The second-order valence-electron chi connectivity index (χ2n) is 6.49. The number of thiocarbonyl (C=S) groups is 1. The first-order valence-corrected chi connectivity index (χ1v) is 9.21.